The Balaban J connectivity index is 1.98. The zero-order valence-electron chi connectivity index (χ0n) is 15.4. The summed E-state index contributed by atoms with van der Waals surface area (Å²) < 4.78 is 0. The van der Waals surface area contributed by atoms with E-state index in [4.69, 9.17) is 0 Å². The van der Waals surface area contributed by atoms with Gasteiger partial charge in [0, 0.05) is 0 Å². The highest BCUT2D eigenvalue weighted by atomic mass is 16.7. The lowest BCUT2D eigenvalue weighted by atomic mass is 9.60. The molecule has 0 aliphatic carbocycles. The van der Waals surface area contributed by atoms with Crippen LogP contribution in [-0.4, -0.2) is 43.2 Å². The molecule has 0 N–H and O–H groups in total. The molecule has 8 heteroatoms. The maximum absolute atomic E-state index is 12.7. The van der Waals surface area contributed by atoms with Crippen LogP contribution >= 0.6 is 0 Å². The molecule has 0 saturated heterocycles. The van der Waals surface area contributed by atoms with E-state index in [0.29, 0.717) is 11.1 Å². The normalized spacial score (nSPS) is 27.2. The zero-order chi connectivity index (χ0) is 20.1. The van der Waals surface area contributed by atoms with Gasteiger partial charge in [-0.3, -0.25) is 0 Å². The highest BCUT2D eigenvalue weighted by molar-refractivity contribution is 6.21. The molecule has 28 heavy (non-hydrogen) atoms. The molecular formula is C20H18N4O4. The van der Waals surface area contributed by atoms with Crippen molar-refractivity contribution in [1.82, 2.24) is 0 Å². The van der Waals surface area contributed by atoms with Crippen molar-refractivity contribution in [3.8, 4) is 0 Å². The summed E-state index contributed by atoms with van der Waals surface area (Å²) in [6, 6.07) is 17.5. The van der Waals surface area contributed by atoms with Crippen molar-refractivity contribution in [2.75, 3.05) is 0 Å². The van der Waals surface area contributed by atoms with E-state index in [-0.39, 0.29) is 30.8 Å². The van der Waals surface area contributed by atoms with Gasteiger partial charge in [-0.25, -0.2) is 0 Å². The fourth-order valence-electron chi connectivity index (χ4n) is 4.04. The van der Waals surface area contributed by atoms with Gasteiger partial charge in [-0.05, 0) is 38.1 Å². The van der Waals surface area contributed by atoms with Crippen molar-refractivity contribution in [2.45, 2.75) is 13.8 Å². The molecule has 0 amide bonds. The Morgan fingerprint density at radius 1 is 0.571 bits per heavy atom. The van der Waals surface area contributed by atoms with Crippen LogP contribution in [0.25, 0.3) is 0 Å². The standard InChI is InChI=1S/C20H18N4O4/c1-19(13-21(25)23(27)17(19)15-9-5-3-6-10-15)20(2)14-22(26)24(28)18(20)16-11-7-4-8-12-16/h3-14H,1-2H3. The molecule has 2 atom stereocenters. The van der Waals surface area contributed by atoms with E-state index in [9.17, 15) is 20.8 Å². The Morgan fingerprint density at radius 3 is 1.21 bits per heavy atom. The van der Waals surface area contributed by atoms with Crippen LogP contribution in [0.15, 0.2) is 60.7 Å². The van der Waals surface area contributed by atoms with Crippen LogP contribution in [0.1, 0.15) is 25.0 Å². The monoisotopic (exact) mass is 378 g/mol. The number of hydrazone groups is 4. The summed E-state index contributed by atoms with van der Waals surface area (Å²) in [5, 5.41) is 50.0. The van der Waals surface area contributed by atoms with Gasteiger partial charge in [-0.15, -0.1) is 0 Å². The molecule has 2 unspecified atom stereocenters. The Kier molecular flexibility index (Phi) is 3.74. The van der Waals surface area contributed by atoms with Crippen molar-refractivity contribution in [1.29, 1.82) is 0 Å². The maximum Gasteiger partial charge on any atom is 0.289 e. The van der Waals surface area contributed by atoms with Crippen LogP contribution in [-0.2, 0) is 0 Å². The summed E-state index contributed by atoms with van der Waals surface area (Å²) >= 11 is 0. The Hall–Kier alpha value is -3.68. The highest BCUT2D eigenvalue weighted by Crippen LogP contribution is 2.45. The predicted molar refractivity (Wildman–Crippen MR) is 104 cm³/mol. The number of benzene rings is 2. The molecule has 0 saturated carbocycles. The number of nitrogens with zero attached hydrogens (tertiary/aromatic N) is 4. The highest BCUT2D eigenvalue weighted by Gasteiger charge is 2.69. The fourth-order valence-corrected chi connectivity index (χ4v) is 4.04. The molecule has 4 rings (SSSR count). The topological polar surface area (TPSA) is 104 Å². The van der Waals surface area contributed by atoms with Crippen LogP contribution in [0.4, 0.5) is 0 Å². The van der Waals surface area contributed by atoms with Gasteiger partial charge in [0.1, 0.15) is 0 Å². The quantitative estimate of drug-likeness (QED) is 0.602. The summed E-state index contributed by atoms with van der Waals surface area (Å²) in [4.78, 5) is 0.929. The van der Waals surface area contributed by atoms with E-state index in [1.807, 2.05) is 0 Å². The summed E-state index contributed by atoms with van der Waals surface area (Å²) in [7, 11) is 0. The van der Waals surface area contributed by atoms with Crippen molar-refractivity contribution >= 4 is 23.9 Å². The molecule has 0 radical (unpaired) electrons. The molecule has 2 aromatic rings. The van der Waals surface area contributed by atoms with E-state index < -0.39 is 10.8 Å². The summed E-state index contributed by atoms with van der Waals surface area (Å²) in [5.41, 5.74) is -1.08. The first-order chi connectivity index (χ1) is 13.3. The molecule has 2 aliphatic heterocycles. The lowest BCUT2D eigenvalue weighted by molar-refractivity contribution is -1.05. The third-order valence-corrected chi connectivity index (χ3v) is 5.64. The first-order valence-electron chi connectivity index (χ1n) is 8.74. The minimum Gasteiger partial charge on any atom is -0.561 e. The minimum atomic E-state index is -1.25. The van der Waals surface area contributed by atoms with Gasteiger partial charge in [-0.2, -0.15) is 0 Å². The van der Waals surface area contributed by atoms with E-state index in [1.165, 1.54) is 12.4 Å². The molecule has 0 fully saturated rings. The first kappa shape index (κ1) is 17.7. The summed E-state index contributed by atoms with van der Waals surface area (Å²) in [5.74, 6) is 0. The molecule has 142 valence electrons. The van der Waals surface area contributed by atoms with Crippen molar-refractivity contribution < 1.29 is 19.4 Å². The van der Waals surface area contributed by atoms with Crippen LogP contribution < -0.4 is 0 Å². The molecule has 8 nitrogen and oxygen atoms in total. The predicted octanol–water partition coefficient (Wildman–Crippen LogP) is 2.02. The molecule has 2 aliphatic rings. The second kappa shape index (κ2) is 5.91. The van der Waals surface area contributed by atoms with E-state index in [1.54, 1.807) is 74.5 Å². The van der Waals surface area contributed by atoms with E-state index >= 15 is 0 Å². The molecule has 2 heterocycles. The Morgan fingerprint density at radius 2 is 0.893 bits per heavy atom. The second-order valence-corrected chi connectivity index (χ2v) is 7.24. The molecule has 0 aromatic heterocycles. The number of hydrogen-bond acceptors (Lipinski definition) is 4. The van der Waals surface area contributed by atoms with Crippen LogP contribution in [0.3, 0.4) is 0 Å². The Bertz CT molecular complexity index is 988. The number of hydrogen-bond donors (Lipinski definition) is 0. The average Bonchev–Trinajstić information content (AvgIpc) is 3.07. The van der Waals surface area contributed by atoms with Crippen LogP contribution in [0.5, 0.6) is 0 Å². The van der Waals surface area contributed by atoms with E-state index in [2.05, 4.69) is 0 Å². The van der Waals surface area contributed by atoms with Gasteiger partial charge in [-0.1, -0.05) is 36.4 Å². The maximum atomic E-state index is 12.7. The SMILES string of the molecule is CC1(C2(C)C=[N+]([O-])[N+]([O-])=C2c2ccccc2)C=[N+]([O-])[N+]([O-])=C1c1ccccc1. The van der Waals surface area contributed by atoms with Crippen molar-refractivity contribution in [3.63, 3.8) is 0 Å². The first-order valence-corrected chi connectivity index (χ1v) is 8.74. The lowest BCUT2D eigenvalue weighted by Crippen LogP contribution is -2.51. The average molecular weight is 378 g/mol. The van der Waals surface area contributed by atoms with Crippen LogP contribution in [0.2, 0.25) is 0 Å². The minimum absolute atomic E-state index is 0.166. The fraction of sp³-hybridized carbons (Fsp3) is 0.200. The van der Waals surface area contributed by atoms with Gasteiger partial charge in [0.15, 0.2) is 10.8 Å². The van der Waals surface area contributed by atoms with E-state index in [0.717, 1.165) is 0 Å². The second-order valence-electron chi connectivity index (χ2n) is 7.24. The third kappa shape index (κ3) is 2.24. The van der Waals surface area contributed by atoms with Gasteiger partial charge in [0.25, 0.3) is 11.4 Å². The summed E-state index contributed by atoms with van der Waals surface area (Å²) in [6.07, 6.45) is 2.43. The van der Waals surface area contributed by atoms with Crippen molar-refractivity contribution in [2.24, 2.45) is 10.8 Å². The smallest absolute Gasteiger partial charge is 0.289 e. The molecular weight excluding hydrogens is 360 g/mol. The Labute approximate surface area is 161 Å². The van der Waals surface area contributed by atoms with Gasteiger partial charge >= 0.3 is 0 Å². The molecule has 0 spiro atoms. The number of hydrazine groups is 2. The number of rotatable bonds is 3. The van der Waals surface area contributed by atoms with Gasteiger partial charge in [0.05, 0.1) is 30.5 Å². The zero-order valence-corrected chi connectivity index (χ0v) is 15.4. The largest absolute Gasteiger partial charge is 0.561 e. The van der Waals surface area contributed by atoms with Gasteiger partial charge in [0.2, 0.25) is 12.4 Å². The molecule has 2 aromatic carbocycles. The van der Waals surface area contributed by atoms with Crippen LogP contribution in [0, 0.1) is 31.7 Å². The lowest BCUT2D eigenvalue weighted by Gasteiger charge is -2.28. The summed E-state index contributed by atoms with van der Waals surface area (Å²) in [6.45, 7) is 3.37. The van der Waals surface area contributed by atoms with Crippen molar-refractivity contribution in [3.05, 3.63) is 92.6 Å². The molecule has 0 bridgehead atoms. The van der Waals surface area contributed by atoms with Gasteiger partial charge < -0.3 is 20.8 Å². The third-order valence-electron chi connectivity index (χ3n) is 5.64.